The number of hydrogen-bond acceptors (Lipinski definition) is 4. The molecule has 0 radical (unpaired) electrons. The number of benzene rings is 2. The number of nitrogens with one attached hydrogen (secondary N) is 2. The number of anilines is 1. The average molecular weight is 388 g/mol. The average Bonchev–Trinajstić information content (AvgIpc) is 2.68. The third-order valence-electron chi connectivity index (χ3n) is 4.50. The van der Waals surface area contributed by atoms with E-state index in [4.69, 9.17) is 4.74 Å². The van der Waals surface area contributed by atoms with Gasteiger partial charge in [0, 0.05) is 11.7 Å². The van der Waals surface area contributed by atoms with Crippen LogP contribution in [0.25, 0.3) is 0 Å². The Kier molecular flexibility index (Phi) is 6.34. The molecule has 3 rings (SSSR count). The van der Waals surface area contributed by atoms with E-state index in [2.05, 4.69) is 10.0 Å². The molecule has 2 aromatic rings. The van der Waals surface area contributed by atoms with Gasteiger partial charge >= 0.3 is 0 Å². The predicted molar refractivity (Wildman–Crippen MR) is 104 cm³/mol. The van der Waals surface area contributed by atoms with Gasteiger partial charge in [-0.25, -0.2) is 8.42 Å². The van der Waals surface area contributed by atoms with Crippen molar-refractivity contribution < 1.29 is 17.9 Å². The zero-order chi connectivity index (χ0) is 19.1. The van der Waals surface area contributed by atoms with Crippen molar-refractivity contribution in [3.63, 3.8) is 0 Å². The maximum absolute atomic E-state index is 12.4. The van der Waals surface area contributed by atoms with E-state index in [1.807, 2.05) is 6.07 Å². The Balaban J connectivity index is 1.53. The molecule has 2 aromatic carbocycles. The number of carbonyl (C=O) groups excluding carboxylic acids is 1. The van der Waals surface area contributed by atoms with Crippen molar-refractivity contribution in [2.75, 3.05) is 11.3 Å². The second-order valence-corrected chi connectivity index (χ2v) is 8.32. The smallest absolute Gasteiger partial charge is 0.261 e. The van der Waals surface area contributed by atoms with Crippen molar-refractivity contribution in [2.45, 2.75) is 43.0 Å². The molecular weight excluding hydrogens is 364 g/mol. The Bertz CT molecular complexity index is 845. The summed E-state index contributed by atoms with van der Waals surface area (Å²) in [6, 6.07) is 14.9. The largest absolute Gasteiger partial charge is 0.484 e. The molecule has 1 amide bonds. The third-order valence-corrected chi connectivity index (χ3v) is 5.90. The molecule has 0 spiro atoms. The molecule has 27 heavy (non-hydrogen) atoms. The van der Waals surface area contributed by atoms with Crippen molar-refractivity contribution in [3.8, 4) is 5.75 Å². The van der Waals surface area contributed by atoms with Crippen LogP contribution in [-0.2, 0) is 14.8 Å². The molecular formula is C20H24N2O4S. The summed E-state index contributed by atoms with van der Waals surface area (Å²) < 4.78 is 32.8. The molecule has 1 saturated carbocycles. The Morgan fingerprint density at radius 2 is 1.63 bits per heavy atom. The Hall–Kier alpha value is -2.54. The topological polar surface area (TPSA) is 84.5 Å². The van der Waals surface area contributed by atoms with Gasteiger partial charge in [-0.2, -0.15) is 0 Å². The molecule has 144 valence electrons. The molecule has 1 aliphatic carbocycles. The van der Waals surface area contributed by atoms with E-state index in [1.54, 1.807) is 36.4 Å². The molecule has 0 aliphatic heterocycles. The lowest BCUT2D eigenvalue weighted by molar-refractivity contribution is -0.124. The first-order valence-electron chi connectivity index (χ1n) is 9.13. The van der Waals surface area contributed by atoms with Crippen LogP contribution in [0.3, 0.4) is 0 Å². The minimum atomic E-state index is -3.67. The lowest BCUT2D eigenvalue weighted by Crippen LogP contribution is -2.38. The standard InChI is InChI=1S/C20H24N2O4S/c23-20(21-16-7-3-1-4-8-16)15-26-18-11-13-19(14-12-18)27(24,25)22-17-9-5-2-6-10-17/h2,5-6,9-14,16,22H,1,3-4,7-8,15H2,(H,21,23). The van der Waals surface area contributed by atoms with Gasteiger partial charge in [0.1, 0.15) is 5.75 Å². The normalized spacial score (nSPS) is 15.1. The highest BCUT2D eigenvalue weighted by molar-refractivity contribution is 7.92. The zero-order valence-corrected chi connectivity index (χ0v) is 15.9. The number of hydrogen-bond donors (Lipinski definition) is 2. The molecule has 0 aromatic heterocycles. The first-order chi connectivity index (χ1) is 13.0. The molecule has 1 aliphatic rings. The van der Waals surface area contributed by atoms with Crippen LogP contribution in [0.2, 0.25) is 0 Å². The summed E-state index contributed by atoms with van der Waals surface area (Å²) in [6.07, 6.45) is 5.58. The van der Waals surface area contributed by atoms with Crippen LogP contribution in [0.5, 0.6) is 5.75 Å². The quantitative estimate of drug-likeness (QED) is 0.762. The van der Waals surface area contributed by atoms with Crippen LogP contribution in [0.1, 0.15) is 32.1 Å². The van der Waals surface area contributed by atoms with Gasteiger partial charge in [0.05, 0.1) is 4.90 Å². The summed E-state index contributed by atoms with van der Waals surface area (Å²) in [5.74, 6) is 0.303. The lowest BCUT2D eigenvalue weighted by atomic mass is 9.95. The summed E-state index contributed by atoms with van der Waals surface area (Å²) in [7, 11) is -3.67. The highest BCUT2D eigenvalue weighted by Crippen LogP contribution is 2.20. The van der Waals surface area contributed by atoms with Gasteiger partial charge in [0.2, 0.25) is 0 Å². The van der Waals surface area contributed by atoms with Crippen molar-refractivity contribution in [3.05, 3.63) is 54.6 Å². The molecule has 0 heterocycles. The van der Waals surface area contributed by atoms with Crippen LogP contribution in [0.4, 0.5) is 5.69 Å². The molecule has 7 heteroatoms. The second-order valence-electron chi connectivity index (χ2n) is 6.63. The highest BCUT2D eigenvalue weighted by atomic mass is 32.2. The second kappa shape index (κ2) is 8.90. The Labute approximate surface area is 160 Å². The fourth-order valence-electron chi connectivity index (χ4n) is 3.10. The van der Waals surface area contributed by atoms with Gasteiger partial charge in [-0.1, -0.05) is 37.5 Å². The van der Waals surface area contributed by atoms with E-state index in [0.717, 1.165) is 25.7 Å². The van der Waals surface area contributed by atoms with Gasteiger partial charge in [0.25, 0.3) is 15.9 Å². The lowest BCUT2D eigenvalue weighted by Gasteiger charge is -2.22. The maximum atomic E-state index is 12.4. The Morgan fingerprint density at radius 1 is 0.963 bits per heavy atom. The molecule has 0 saturated heterocycles. The number of ether oxygens (including phenoxy) is 1. The number of sulfonamides is 1. The SMILES string of the molecule is O=C(COc1ccc(S(=O)(=O)Nc2ccccc2)cc1)NC1CCCCC1. The third kappa shape index (κ3) is 5.72. The first-order valence-corrected chi connectivity index (χ1v) is 10.6. The van der Waals surface area contributed by atoms with E-state index in [-0.39, 0.29) is 23.5 Å². The minimum absolute atomic E-state index is 0.0785. The summed E-state index contributed by atoms with van der Waals surface area (Å²) in [6.45, 7) is -0.0785. The van der Waals surface area contributed by atoms with Crippen LogP contribution in [-0.4, -0.2) is 27.0 Å². The summed E-state index contributed by atoms with van der Waals surface area (Å²) in [5, 5.41) is 2.98. The van der Waals surface area contributed by atoms with Gasteiger partial charge in [-0.3, -0.25) is 9.52 Å². The van der Waals surface area contributed by atoms with Gasteiger partial charge in [0.15, 0.2) is 6.61 Å². The van der Waals surface area contributed by atoms with Crippen molar-refractivity contribution in [1.29, 1.82) is 0 Å². The van der Waals surface area contributed by atoms with E-state index < -0.39 is 10.0 Å². The van der Waals surface area contributed by atoms with E-state index in [9.17, 15) is 13.2 Å². The number of rotatable bonds is 7. The molecule has 1 fully saturated rings. The minimum Gasteiger partial charge on any atom is -0.484 e. The van der Waals surface area contributed by atoms with Crippen molar-refractivity contribution in [2.24, 2.45) is 0 Å². The van der Waals surface area contributed by atoms with Gasteiger partial charge < -0.3 is 10.1 Å². The number of para-hydroxylation sites is 1. The highest BCUT2D eigenvalue weighted by Gasteiger charge is 2.16. The van der Waals surface area contributed by atoms with Crippen LogP contribution in [0, 0.1) is 0 Å². The van der Waals surface area contributed by atoms with E-state index in [1.165, 1.54) is 18.6 Å². The molecule has 0 unspecified atom stereocenters. The fourth-order valence-corrected chi connectivity index (χ4v) is 4.16. The molecule has 0 bridgehead atoms. The van der Waals surface area contributed by atoms with E-state index in [0.29, 0.717) is 11.4 Å². The van der Waals surface area contributed by atoms with Crippen molar-refractivity contribution >= 4 is 21.6 Å². The predicted octanol–water partition coefficient (Wildman–Crippen LogP) is 3.32. The van der Waals surface area contributed by atoms with E-state index >= 15 is 0 Å². The summed E-state index contributed by atoms with van der Waals surface area (Å²) >= 11 is 0. The molecule has 2 N–H and O–H groups in total. The van der Waals surface area contributed by atoms with Gasteiger partial charge in [-0.15, -0.1) is 0 Å². The maximum Gasteiger partial charge on any atom is 0.261 e. The summed E-state index contributed by atoms with van der Waals surface area (Å²) in [5.41, 5.74) is 0.497. The monoisotopic (exact) mass is 388 g/mol. The molecule has 6 nitrogen and oxygen atoms in total. The number of carbonyl (C=O) groups is 1. The van der Waals surface area contributed by atoms with Gasteiger partial charge in [-0.05, 0) is 49.2 Å². The fraction of sp³-hybridized carbons (Fsp3) is 0.350. The van der Waals surface area contributed by atoms with Crippen molar-refractivity contribution in [1.82, 2.24) is 5.32 Å². The van der Waals surface area contributed by atoms with Crippen LogP contribution in [0.15, 0.2) is 59.5 Å². The first kappa shape index (κ1) is 19.2. The Morgan fingerprint density at radius 3 is 2.30 bits per heavy atom. The molecule has 0 atom stereocenters. The van der Waals surface area contributed by atoms with Crippen LogP contribution >= 0.6 is 0 Å². The summed E-state index contributed by atoms with van der Waals surface area (Å²) in [4.78, 5) is 12.1. The number of amides is 1. The zero-order valence-electron chi connectivity index (χ0n) is 15.1. The van der Waals surface area contributed by atoms with Crippen LogP contribution < -0.4 is 14.8 Å².